The van der Waals surface area contributed by atoms with Crippen LogP contribution in [0.3, 0.4) is 0 Å². The van der Waals surface area contributed by atoms with Crippen LogP contribution in [0.5, 0.6) is 0 Å². The predicted octanol–water partition coefficient (Wildman–Crippen LogP) is 2.73. The first-order valence-electron chi connectivity index (χ1n) is 4.98. The smallest absolute Gasteiger partial charge is 0.0250 e. The number of allylic oxidation sites excluding steroid dienone is 1. The molecule has 0 radical (unpaired) electrons. The molecule has 1 atom stereocenters. The highest BCUT2D eigenvalue weighted by atomic mass is 14.9. The molecule has 0 spiro atoms. The Balaban J connectivity index is 2.22. The molecule has 0 aromatic heterocycles. The van der Waals surface area contributed by atoms with Crippen molar-refractivity contribution in [3.63, 3.8) is 0 Å². The second-order valence-electron chi connectivity index (χ2n) is 4.91. The van der Waals surface area contributed by atoms with E-state index in [-0.39, 0.29) is 0 Å². The molecule has 0 saturated carbocycles. The first kappa shape index (κ1) is 9.79. The van der Waals surface area contributed by atoms with Gasteiger partial charge in [0.2, 0.25) is 0 Å². The lowest BCUT2D eigenvalue weighted by Crippen LogP contribution is -2.35. The molecular formula is C11H21N. The minimum absolute atomic E-state index is 0.408. The molecule has 0 saturated heterocycles. The number of hydrogen-bond donors (Lipinski definition) is 1. The van der Waals surface area contributed by atoms with Gasteiger partial charge in [0.15, 0.2) is 0 Å². The Kier molecular flexibility index (Phi) is 3.33. The Hall–Kier alpha value is -0.300. The summed E-state index contributed by atoms with van der Waals surface area (Å²) in [5, 5.41) is 3.57. The van der Waals surface area contributed by atoms with Gasteiger partial charge in [0.1, 0.15) is 0 Å². The molecule has 1 unspecified atom stereocenters. The highest BCUT2D eigenvalue weighted by Gasteiger charge is 2.13. The second-order valence-corrected chi connectivity index (χ2v) is 4.91. The first-order valence-corrected chi connectivity index (χ1v) is 4.98. The van der Waals surface area contributed by atoms with Gasteiger partial charge in [-0.2, -0.15) is 0 Å². The molecule has 12 heavy (non-hydrogen) atoms. The van der Waals surface area contributed by atoms with Gasteiger partial charge in [0.25, 0.3) is 0 Å². The third kappa shape index (κ3) is 3.91. The Morgan fingerprint density at radius 3 is 2.67 bits per heavy atom. The highest BCUT2D eigenvalue weighted by molar-refractivity contribution is 4.97. The van der Waals surface area contributed by atoms with Crippen LogP contribution in [0, 0.1) is 5.41 Å². The lowest BCUT2D eigenvalue weighted by atomic mass is 9.95. The molecule has 1 heteroatoms. The third-order valence-electron chi connectivity index (χ3n) is 2.15. The second kappa shape index (κ2) is 4.08. The monoisotopic (exact) mass is 167 g/mol. The van der Waals surface area contributed by atoms with Crippen LogP contribution >= 0.6 is 0 Å². The summed E-state index contributed by atoms with van der Waals surface area (Å²) in [6, 6.07) is 0.637. The standard InChI is InChI=1S/C11H21N/c1-11(2,3)9-12-10-7-5-4-6-8-10/h5,7,10,12H,4,6,8-9H2,1-3H3. The van der Waals surface area contributed by atoms with E-state index in [1.54, 1.807) is 0 Å². The zero-order chi connectivity index (χ0) is 9.03. The van der Waals surface area contributed by atoms with E-state index in [2.05, 4.69) is 38.2 Å². The van der Waals surface area contributed by atoms with Gasteiger partial charge in [0, 0.05) is 12.6 Å². The lowest BCUT2D eigenvalue weighted by Gasteiger charge is -2.24. The van der Waals surface area contributed by atoms with Crippen molar-refractivity contribution in [2.24, 2.45) is 5.41 Å². The maximum absolute atomic E-state index is 3.57. The normalized spacial score (nSPS) is 24.4. The van der Waals surface area contributed by atoms with Gasteiger partial charge in [-0.3, -0.25) is 0 Å². The van der Waals surface area contributed by atoms with Crippen molar-refractivity contribution in [1.82, 2.24) is 5.32 Å². The topological polar surface area (TPSA) is 12.0 Å². The fraction of sp³-hybridized carbons (Fsp3) is 0.818. The van der Waals surface area contributed by atoms with Crippen LogP contribution in [0.4, 0.5) is 0 Å². The average Bonchev–Trinajstić information content (AvgIpc) is 2.02. The summed E-state index contributed by atoms with van der Waals surface area (Å²) in [5.41, 5.74) is 0.408. The molecule has 0 aromatic rings. The van der Waals surface area contributed by atoms with E-state index < -0.39 is 0 Å². The summed E-state index contributed by atoms with van der Waals surface area (Å²) in [7, 11) is 0. The van der Waals surface area contributed by atoms with Crippen LogP contribution in [-0.2, 0) is 0 Å². The van der Waals surface area contributed by atoms with E-state index in [4.69, 9.17) is 0 Å². The van der Waals surface area contributed by atoms with Crippen molar-refractivity contribution in [1.29, 1.82) is 0 Å². The number of nitrogens with one attached hydrogen (secondary N) is 1. The first-order chi connectivity index (χ1) is 5.58. The van der Waals surface area contributed by atoms with E-state index >= 15 is 0 Å². The van der Waals surface area contributed by atoms with Gasteiger partial charge < -0.3 is 5.32 Å². The van der Waals surface area contributed by atoms with Crippen molar-refractivity contribution < 1.29 is 0 Å². The van der Waals surface area contributed by atoms with E-state index in [1.165, 1.54) is 19.3 Å². The van der Waals surface area contributed by atoms with Crippen LogP contribution in [0.25, 0.3) is 0 Å². The largest absolute Gasteiger partial charge is 0.310 e. The Bertz CT molecular complexity index is 153. The van der Waals surface area contributed by atoms with Crippen LogP contribution < -0.4 is 5.32 Å². The zero-order valence-electron chi connectivity index (χ0n) is 8.56. The molecule has 1 N–H and O–H groups in total. The van der Waals surface area contributed by atoms with Crippen LogP contribution in [0.2, 0.25) is 0 Å². The fourth-order valence-electron chi connectivity index (χ4n) is 1.42. The quantitative estimate of drug-likeness (QED) is 0.624. The van der Waals surface area contributed by atoms with Crippen molar-refractivity contribution in [3.8, 4) is 0 Å². The van der Waals surface area contributed by atoms with Crippen molar-refractivity contribution in [3.05, 3.63) is 12.2 Å². The molecule has 1 aliphatic carbocycles. The molecule has 0 heterocycles. The van der Waals surface area contributed by atoms with Gasteiger partial charge in [-0.25, -0.2) is 0 Å². The summed E-state index contributed by atoms with van der Waals surface area (Å²) in [4.78, 5) is 0. The highest BCUT2D eigenvalue weighted by Crippen LogP contribution is 2.14. The fourth-order valence-corrected chi connectivity index (χ4v) is 1.42. The number of hydrogen-bond acceptors (Lipinski definition) is 1. The molecular weight excluding hydrogens is 146 g/mol. The zero-order valence-corrected chi connectivity index (χ0v) is 8.56. The Labute approximate surface area is 76.2 Å². The Morgan fingerprint density at radius 1 is 1.42 bits per heavy atom. The minimum atomic E-state index is 0.408. The summed E-state index contributed by atoms with van der Waals surface area (Å²) in [5.74, 6) is 0. The molecule has 1 aliphatic rings. The molecule has 0 amide bonds. The predicted molar refractivity (Wildman–Crippen MR) is 54.2 cm³/mol. The van der Waals surface area contributed by atoms with E-state index in [0.29, 0.717) is 11.5 Å². The van der Waals surface area contributed by atoms with Gasteiger partial charge in [-0.15, -0.1) is 0 Å². The summed E-state index contributed by atoms with van der Waals surface area (Å²) < 4.78 is 0. The van der Waals surface area contributed by atoms with Crippen molar-refractivity contribution in [2.75, 3.05) is 6.54 Å². The molecule has 0 aromatic carbocycles. The summed E-state index contributed by atoms with van der Waals surface area (Å²) in [6.45, 7) is 7.92. The van der Waals surface area contributed by atoms with E-state index in [0.717, 1.165) is 6.54 Å². The maximum Gasteiger partial charge on any atom is 0.0250 e. The van der Waals surface area contributed by atoms with Crippen LogP contribution in [0.15, 0.2) is 12.2 Å². The molecule has 0 aliphatic heterocycles. The van der Waals surface area contributed by atoms with Gasteiger partial charge >= 0.3 is 0 Å². The van der Waals surface area contributed by atoms with Gasteiger partial charge in [0.05, 0.1) is 0 Å². The lowest BCUT2D eigenvalue weighted by molar-refractivity contribution is 0.356. The van der Waals surface area contributed by atoms with Crippen LogP contribution in [-0.4, -0.2) is 12.6 Å². The Morgan fingerprint density at radius 2 is 2.17 bits per heavy atom. The number of rotatable bonds is 2. The van der Waals surface area contributed by atoms with Crippen molar-refractivity contribution in [2.45, 2.75) is 46.1 Å². The minimum Gasteiger partial charge on any atom is -0.310 e. The van der Waals surface area contributed by atoms with Gasteiger partial charge in [-0.1, -0.05) is 32.9 Å². The maximum atomic E-state index is 3.57. The summed E-state index contributed by atoms with van der Waals surface area (Å²) in [6.07, 6.45) is 8.54. The summed E-state index contributed by atoms with van der Waals surface area (Å²) >= 11 is 0. The van der Waals surface area contributed by atoms with Crippen molar-refractivity contribution >= 4 is 0 Å². The molecule has 0 fully saturated rings. The van der Waals surface area contributed by atoms with E-state index in [1.807, 2.05) is 0 Å². The van der Waals surface area contributed by atoms with E-state index in [9.17, 15) is 0 Å². The van der Waals surface area contributed by atoms with Crippen LogP contribution in [0.1, 0.15) is 40.0 Å². The molecule has 1 rings (SSSR count). The molecule has 1 nitrogen and oxygen atoms in total. The molecule has 0 bridgehead atoms. The SMILES string of the molecule is CC(C)(C)CNC1C=CCCC1. The van der Waals surface area contributed by atoms with Gasteiger partial charge in [-0.05, 0) is 24.7 Å². The average molecular weight is 167 g/mol. The molecule has 70 valence electrons. The third-order valence-corrected chi connectivity index (χ3v) is 2.15.